The fraction of sp³-hybridized carbons (Fsp3) is 0.300. The SMILES string of the molecule is COc1cc(CNC(=O)CCC(=O)O)ccc1OCc1ccc(C)cc1. The van der Waals surface area contributed by atoms with Crippen LogP contribution in [0.15, 0.2) is 42.5 Å². The number of aryl methyl sites for hydroxylation is 1. The average Bonchev–Trinajstić information content (AvgIpc) is 2.64. The van der Waals surface area contributed by atoms with Gasteiger partial charge in [0, 0.05) is 13.0 Å². The highest BCUT2D eigenvalue weighted by molar-refractivity contribution is 5.80. The van der Waals surface area contributed by atoms with Gasteiger partial charge in [0.05, 0.1) is 13.5 Å². The third kappa shape index (κ3) is 6.12. The highest BCUT2D eigenvalue weighted by Crippen LogP contribution is 2.28. The van der Waals surface area contributed by atoms with Gasteiger partial charge >= 0.3 is 5.97 Å². The molecule has 0 aliphatic carbocycles. The monoisotopic (exact) mass is 357 g/mol. The molecule has 2 N–H and O–H groups in total. The molecule has 0 atom stereocenters. The summed E-state index contributed by atoms with van der Waals surface area (Å²) in [5.74, 6) is -0.0913. The molecule has 0 saturated heterocycles. The first-order valence-electron chi connectivity index (χ1n) is 8.31. The third-order valence-corrected chi connectivity index (χ3v) is 3.80. The lowest BCUT2D eigenvalue weighted by atomic mass is 10.1. The van der Waals surface area contributed by atoms with Crippen molar-refractivity contribution >= 4 is 11.9 Å². The number of carboxylic acid groups (broad SMARTS) is 1. The second kappa shape index (κ2) is 9.46. The maximum absolute atomic E-state index is 11.6. The van der Waals surface area contributed by atoms with E-state index in [4.69, 9.17) is 14.6 Å². The van der Waals surface area contributed by atoms with Crippen LogP contribution in [0.5, 0.6) is 11.5 Å². The van der Waals surface area contributed by atoms with Crippen LogP contribution in [0.25, 0.3) is 0 Å². The molecule has 2 rings (SSSR count). The van der Waals surface area contributed by atoms with E-state index in [-0.39, 0.29) is 18.7 Å². The lowest BCUT2D eigenvalue weighted by molar-refractivity contribution is -0.138. The smallest absolute Gasteiger partial charge is 0.303 e. The Morgan fingerprint density at radius 2 is 1.69 bits per heavy atom. The molecule has 2 aromatic carbocycles. The second-order valence-electron chi connectivity index (χ2n) is 5.93. The van der Waals surface area contributed by atoms with E-state index in [1.54, 1.807) is 19.2 Å². The summed E-state index contributed by atoms with van der Waals surface area (Å²) in [6, 6.07) is 13.5. The highest BCUT2D eigenvalue weighted by Gasteiger charge is 2.09. The molecule has 0 saturated carbocycles. The highest BCUT2D eigenvalue weighted by atomic mass is 16.5. The molecule has 0 aliphatic heterocycles. The van der Waals surface area contributed by atoms with E-state index in [9.17, 15) is 9.59 Å². The summed E-state index contributed by atoms with van der Waals surface area (Å²) >= 11 is 0. The average molecular weight is 357 g/mol. The van der Waals surface area contributed by atoms with Crippen LogP contribution in [0.2, 0.25) is 0 Å². The van der Waals surface area contributed by atoms with Crippen LogP contribution in [-0.4, -0.2) is 24.1 Å². The van der Waals surface area contributed by atoms with Crippen LogP contribution >= 0.6 is 0 Å². The minimum atomic E-state index is -0.989. The summed E-state index contributed by atoms with van der Waals surface area (Å²) in [5.41, 5.74) is 3.10. The van der Waals surface area contributed by atoms with Gasteiger partial charge in [0.15, 0.2) is 11.5 Å². The van der Waals surface area contributed by atoms with E-state index in [1.807, 2.05) is 37.3 Å². The predicted molar refractivity (Wildman–Crippen MR) is 97.2 cm³/mol. The number of hydrogen-bond acceptors (Lipinski definition) is 4. The van der Waals surface area contributed by atoms with Gasteiger partial charge in [0.2, 0.25) is 5.91 Å². The first kappa shape index (κ1) is 19.3. The summed E-state index contributed by atoms with van der Waals surface area (Å²) in [6.07, 6.45) is -0.217. The summed E-state index contributed by atoms with van der Waals surface area (Å²) in [7, 11) is 1.56. The molecule has 1 amide bonds. The van der Waals surface area contributed by atoms with Crippen molar-refractivity contribution in [3.05, 3.63) is 59.2 Å². The summed E-state index contributed by atoms with van der Waals surface area (Å²) in [4.78, 5) is 22.1. The Morgan fingerprint density at radius 1 is 1.00 bits per heavy atom. The number of aliphatic carboxylic acids is 1. The lowest BCUT2D eigenvalue weighted by Crippen LogP contribution is -2.23. The standard InChI is InChI=1S/C20H23NO5/c1-14-3-5-15(6-4-14)13-26-17-8-7-16(11-18(17)25-2)12-21-19(22)9-10-20(23)24/h3-8,11H,9-10,12-13H2,1-2H3,(H,21,22)(H,23,24). The molecule has 6 nitrogen and oxygen atoms in total. The Labute approximate surface area is 152 Å². The van der Waals surface area contributed by atoms with Crippen LogP contribution in [0.1, 0.15) is 29.5 Å². The third-order valence-electron chi connectivity index (χ3n) is 3.80. The zero-order valence-corrected chi connectivity index (χ0v) is 15.0. The molecular formula is C20H23NO5. The van der Waals surface area contributed by atoms with E-state index in [2.05, 4.69) is 5.32 Å². The maximum atomic E-state index is 11.6. The molecule has 0 heterocycles. The quantitative estimate of drug-likeness (QED) is 0.720. The Morgan fingerprint density at radius 3 is 2.35 bits per heavy atom. The number of methoxy groups -OCH3 is 1. The number of rotatable bonds is 9. The number of ether oxygens (including phenoxy) is 2. The fourth-order valence-electron chi connectivity index (χ4n) is 2.30. The van der Waals surface area contributed by atoms with Gasteiger partial charge in [-0.3, -0.25) is 9.59 Å². The zero-order chi connectivity index (χ0) is 18.9. The largest absolute Gasteiger partial charge is 0.493 e. The lowest BCUT2D eigenvalue weighted by Gasteiger charge is -2.13. The molecule has 0 unspecified atom stereocenters. The van der Waals surface area contributed by atoms with E-state index in [0.717, 1.165) is 11.1 Å². The molecule has 0 radical (unpaired) electrons. The van der Waals surface area contributed by atoms with Gasteiger partial charge in [-0.1, -0.05) is 35.9 Å². The van der Waals surface area contributed by atoms with Crippen LogP contribution in [0.3, 0.4) is 0 Å². The first-order chi connectivity index (χ1) is 12.5. The van der Waals surface area contributed by atoms with Crippen molar-refractivity contribution in [1.29, 1.82) is 0 Å². The summed E-state index contributed by atoms with van der Waals surface area (Å²) in [6.45, 7) is 2.77. The first-order valence-corrected chi connectivity index (χ1v) is 8.31. The van der Waals surface area contributed by atoms with Gasteiger partial charge in [-0.15, -0.1) is 0 Å². The summed E-state index contributed by atoms with van der Waals surface area (Å²) < 4.78 is 11.2. The normalized spacial score (nSPS) is 10.2. The molecule has 6 heteroatoms. The molecular weight excluding hydrogens is 334 g/mol. The van der Waals surface area contributed by atoms with Crippen LogP contribution in [0, 0.1) is 6.92 Å². The van der Waals surface area contributed by atoms with Crippen molar-refractivity contribution < 1.29 is 24.2 Å². The van der Waals surface area contributed by atoms with Crippen molar-refractivity contribution in [2.24, 2.45) is 0 Å². The van der Waals surface area contributed by atoms with E-state index in [0.29, 0.717) is 24.7 Å². The van der Waals surface area contributed by atoms with Crippen LogP contribution in [-0.2, 0) is 22.7 Å². The number of carboxylic acids is 1. The Kier molecular flexibility index (Phi) is 7.02. The van der Waals surface area contributed by atoms with Crippen LogP contribution < -0.4 is 14.8 Å². The zero-order valence-electron chi connectivity index (χ0n) is 15.0. The van der Waals surface area contributed by atoms with E-state index in [1.165, 1.54) is 5.56 Å². The molecule has 0 bridgehead atoms. The molecule has 0 aliphatic rings. The van der Waals surface area contributed by atoms with Crippen molar-refractivity contribution in [2.45, 2.75) is 32.9 Å². The molecule has 0 spiro atoms. The number of carbonyl (C=O) groups excluding carboxylic acids is 1. The number of nitrogens with one attached hydrogen (secondary N) is 1. The minimum Gasteiger partial charge on any atom is -0.493 e. The van der Waals surface area contributed by atoms with Gasteiger partial charge in [-0.25, -0.2) is 0 Å². The number of carbonyl (C=O) groups is 2. The molecule has 138 valence electrons. The summed E-state index contributed by atoms with van der Waals surface area (Å²) in [5, 5.41) is 11.3. The number of benzene rings is 2. The van der Waals surface area contributed by atoms with Gasteiger partial charge in [0.1, 0.15) is 6.61 Å². The fourth-order valence-corrected chi connectivity index (χ4v) is 2.30. The van der Waals surface area contributed by atoms with Gasteiger partial charge in [-0.05, 0) is 30.2 Å². The Balaban J connectivity index is 1.92. The van der Waals surface area contributed by atoms with Gasteiger partial charge in [0.25, 0.3) is 0 Å². The minimum absolute atomic E-state index is 0.0375. The van der Waals surface area contributed by atoms with Crippen molar-refractivity contribution in [3.63, 3.8) is 0 Å². The number of hydrogen-bond donors (Lipinski definition) is 2. The molecule has 0 aromatic heterocycles. The van der Waals surface area contributed by atoms with Crippen molar-refractivity contribution in [2.75, 3.05) is 7.11 Å². The van der Waals surface area contributed by atoms with Crippen LogP contribution in [0.4, 0.5) is 0 Å². The number of amides is 1. The Bertz CT molecular complexity index is 755. The van der Waals surface area contributed by atoms with Crippen molar-refractivity contribution in [1.82, 2.24) is 5.32 Å². The second-order valence-corrected chi connectivity index (χ2v) is 5.93. The van der Waals surface area contributed by atoms with Gasteiger partial charge in [-0.2, -0.15) is 0 Å². The molecule has 0 fully saturated rings. The van der Waals surface area contributed by atoms with E-state index < -0.39 is 5.97 Å². The Hall–Kier alpha value is -3.02. The van der Waals surface area contributed by atoms with E-state index >= 15 is 0 Å². The van der Waals surface area contributed by atoms with Gasteiger partial charge < -0.3 is 19.9 Å². The molecule has 2 aromatic rings. The predicted octanol–water partition coefficient (Wildman–Crippen LogP) is 3.06. The topological polar surface area (TPSA) is 84.9 Å². The maximum Gasteiger partial charge on any atom is 0.303 e. The van der Waals surface area contributed by atoms with Crippen molar-refractivity contribution in [3.8, 4) is 11.5 Å². The molecule has 26 heavy (non-hydrogen) atoms.